The first-order chi connectivity index (χ1) is 13.3. The second-order valence-corrected chi connectivity index (χ2v) is 9.11. The fourth-order valence-corrected chi connectivity index (χ4v) is 4.81. The van der Waals surface area contributed by atoms with E-state index in [1.165, 1.54) is 16.4 Å². The number of rotatable bonds is 5. The summed E-state index contributed by atoms with van der Waals surface area (Å²) in [6, 6.07) is 13.7. The number of hydrogen-bond acceptors (Lipinski definition) is 5. The number of esters is 1. The molecule has 0 amide bonds. The van der Waals surface area contributed by atoms with E-state index in [-0.39, 0.29) is 42.4 Å². The summed E-state index contributed by atoms with van der Waals surface area (Å²) in [6.45, 7) is 6.38. The fraction of sp³-hybridized carbons (Fsp3) is 0.381. The van der Waals surface area contributed by atoms with Gasteiger partial charge in [0.05, 0.1) is 22.7 Å². The van der Waals surface area contributed by atoms with E-state index in [0.717, 1.165) is 11.1 Å². The molecule has 1 aliphatic rings. The van der Waals surface area contributed by atoms with Crippen molar-refractivity contribution < 1.29 is 22.7 Å². The van der Waals surface area contributed by atoms with Crippen molar-refractivity contribution in [2.75, 3.05) is 13.1 Å². The van der Waals surface area contributed by atoms with E-state index >= 15 is 0 Å². The van der Waals surface area contributed by atoms with Crippen LogP contribution in [0.4, 0.5) is 0 Å². The molecular formula is C21H25NO5S. The number of carbonyl (C=O) groups excluding carboxylic acids is 1. The Hall–Kier alpha value is -2.22. The number of hydrogen-bond donors (Lipinski definition) is 0. The summed E-state index contributed by atoms with van der Waals surface area (Å²) >= 11 is 0. The molecule has 0 N–H and O–H groups in total. The molecule has 2 aromatic carbocycles. The molecule has 1 saturated heterocycles. The molecule has 1 heterocycles. The third-order valence-corrected chi connectivity index (χ3v) is 6.41. The normalized spacial score (nSPS) is 20.7. The number of aryl methyl sites for hydroxylation is 1. The van der Waals surface area contributed by atoms with Crippen LogP contribution < -0.4 is 0 Å². The van der Waals surface area contributed by atoms with Gasteiger partial charge in [0.2, 0.25) is 10.0 Å². The van der Waals surface area contributed by atoms with Crippen molar-refractivity contribution in [3.05, 3.63) is 65.2 Å². The summed E-state index contributed by atoms with van der Waals surface area (Å²) in [5.74, 6) is -0.554. The molecule has 1 aliphatic heterocycles. The van der Waals surface area contributed by atoms with Crippen molar-refractivity contribution >= 4 is 16.0 Å². The van der Waals surface area contributed by atoms with Gasteiger partial charge in [0.1, 0.15) is 6.61 Å². The summed E-state index contributed by atoms with van der Waals surface area (Å²) in [6.07, 6.45) is -0.359. The zero-order valence-corrected chi connectivity index (χ0v) is 17.1. The van der Waals surface area contributed by atoms with E-state index < -0.39 is 16.0 Å². The fourth-order valence-electron chi connectivity index (χ4n) is 3.18. The SMILES string of the molecule is Cc1ccc(COC(=O)c2cccc(S(=O)(=O)N3C[C@H](C)O[C@@H](C)C3)c2)cc1. The topological polar surface area (TPSA) is 72.9 Å². The van der Waals surface area contributed by atoms with E-state index in [4.69, 9.17) is 9.47 Å². The highest BCUT2D eigenvalue weighted by Gasteiger charge is 2.32. The Kier molecular flexibility index (Phi) is 6.17. The van der Waals surface area contributed by atoms with Crippen LogP contribution in [0.2, 0.25) is 0 Å². The number of sulfonamides is 1. The minimum Gasteiger partial charge on any atom is -0.457 e. The maximum Gasteiger partial charge on any atom is 0.338 e. The first kappa shape index (κ1) is 20.5. The van der Waals surface area contributed by atoms with Crippen molar-refractivity contribution in [3.8, 4) is 0 Å². The van der Waals surface area contributed by atoms with Crippen LogP contribution in [0.15, 0.2) is 53.4 Å². The lowest BCUT2D eigenvalue weighted by atomic mass is 10.2. The van der Waals surface area contributed by atoms with Crippen molar-refractivity contribution in [1.82, 2.24) is 4.31 Å². The predicted molar refractivity (Wildman–Crippen MR) is 106 cm³/mol. The standard InChI is InChI=1S/C21H25NO5S/c1-15-7-9-18(10-8-15)14-26-21(23)19-5-4-6-20(11-19)28(24,25)22-12-16(2)27-17(3)13-22/h4-11,16-17H,12-14H2,1-3H3/t16-,17-/m0/s1. The van der Waals surface area contributed by atoms with Gasteiger partial charge in [-0.2, -0.15) is 4.31 Å². The summed E-state index contributed by atoms with van der Waals surface area (Å²) in [7, 11) is -3.71. The molecule has 7 heteroatoms. The van der Waals surface area contributed by atoms with Crippen LogP contribution in [0.3, 0.4) is 0 Å². The molecule has 2 aromatic rings. The number of nitrogens with zero attached hydrogens (tertiary/aromatic N) is 1. The highest BCUT2D eigenvalue weighted by Crippen LogP contribution is 2.22. The molecule has 150 valence electrons. The van der Waals surface area contributed by atoms with E-state index in [9.17, 15) is 13.2 Å². The Bertz CT molecular complexity index is 930. The summed E-state index contributed by atoms with van der Waals surface area (Å²) < 4.78 is 38.3. The maximum absolute atomic E-state index is 13.0. The molecule has 0 saturated carbocycles. The zero-order valence-electron chi connectivity index (χ0n) is 16.3. The van der Waals surface area contributed by atoms with E-state index in [1.807, 2.05) is 45.0 Å². The predicted octanol–water partition coefficient (Wildman–Crippen LogP) is 3.15. The van der Waals surface area contributed by atoms with E-state index in [1.54, 1.807) is 12.1 Å². The largest absolute Gasteiger partial charge is 0.457 e. The van der Waals surface area contributed by atoms with Gasteiger partial charge in [-0.1, -0.05) is 35.9 Å². The van der Waals surface area contributed by atoms with Crippen LogP contribution in [0.1, 0.15) is 35.3 Å². The third kappa shape index (κ3) is 4.79. The van der Waals surface area contributed by atoms with Crippen molar-refractivity contribution in [2.24, 2.45) is 0 Å². The lowest BCUT2D eigenvalue weighted by Gasteiger charge is -2.34. The Morgan fingerprint density at radius 3 is 2.39 bits per heavy atom. The smallest absolute Gasteiger partial charge is 0.338 e. The van der Waals surface area contributed by atoms with Crippen molar-refractivity contribution in [3.63, 3.8) is 0 Å². The first-order valence-electron chi connectivity index (χ1n) is 9.24. The Morgan fingerprint density at radius 2 is 1.75 bits per heavy atom. The maximum atomic E-state index is 13.0. The van der Waals surface area contributed by atoms with Crippen LogP contribution in [-0.2, 0) is 26.1 Å². The Morgan fingerprint density at radius 1 is 1.11 bits per heavy atom. The second kappa shape index (κ2) is 8.43. The average molecular weight is 404 g/mol. The van der Waals surface area contributed by atoms with Crippen molar-refractivity contribution in [2.45, 2.75) is 44.5 Å². The van der Waals surface area contributed by atoms with Gasteiger partial charge in [0, 0.05) is 13.1 Å². The number of benzene rings is 2. The second-order valence-electron chi connectivity index (χ2n) is 7.17. The van der Waals surface area contributed by atoms with Gasteiger partial charge in [-0.05, 0) is 44.5 Å². The van der Waals surface area contributed by atoms with Crippen LogP contribution >= 0.6 is 0 Å². The molecule has 28 heavy (non-hydrogen) atoms. The van der Waals surface area contributed by atoms with Crippen LogP contribution in [0.25, 0.3) is 0 Å². The molecule has 0 radical (unpaired) electrons. The van der Waals surface area contributed by atoms with E-state index in [2.05, 4.69) is 0 Å². The molecule has 0 aliphatic carbocycles. The average Bonchev–Trinajstić information content (AvgIpc) is 2.66. The number of morpholine rings is 1. The molecule has 6 nitrogen and oxygen atoms in total. The Labute approximate surface area is 166 Å². The van der Waals surface area contributed by atoms with E-state index in [0.29, 0.717) is 0 Å². The van der Waals surface area contributed by atoms with Crippen LogP contribution in [0.5, 0.6) is 0 Å². The van der Waals surface area contributed by atoms with Gasteiger partial charge in [-0.25, -0.2) is 13.2 Å². The summed E-state index contributed by atoms with van der Waals surface area (Å²) in [5, 5.41) is 0. The molecule has 2 atom stereocenters. The van der Waals surface area contributed by atoms with Gasteiger partial charge in [0.15, 0.2) is 0 Å². The van der Waals surface area contributed by atoms with Gasteiger partial charge in [-0.3, -0.25) is 0 Å². The highest BCUT2D eigenvalue weighted by atomic mass is 32.2. The minimum atomic E-state index is -3.71. The molecule has 1 fully saturated rings. The summed E-state index contributed by atoms with van der Waals surface area (Å²) in [5.41, 5.74) is 2.21. The highest BCUT2D eigenvalue weighted by molar-refractivity contribution is 7.89. The number of ether oxygens (including phenoxy) is 2. The minimum absolute atomic E-state index is 0.0820. The third-order valence-electron chi connectivity index (χ3n) is 4.58. The molecular weight excluding hydrogens is 378 g/mol. The van der Waals surface area contributed by atoms with Gasteiger partial charge in [-0.15, -0.1) is 0 Å². The molecule has 0 unspecified atom stereocenters. The molecule has 0 spiro atoms. The van der Waals surface area contributed by atoms with Crippen molar-refractivity contribution in [1.29, 1.82) is 0 Å². The van der Waals surface area contributed by atoms with Gasteiger partial charge >= 0.3 is 5.97 Å². The molecule has 0 aromatic heterocycles. The lowest BCUT2D eigenvalue weighted by Crippen LogP contribution is -2.48. The number of carbonyl (C=O) groups is 1. The van der Waals surface area contributed by atoms with Crippen LogP contribution in [-0.4, -0.2) is 44.0 Å². The zero-order chi connectivity index (χ0) is 20.3. The monoisotopic (exact) mass is 403 g/mol. The molecule has 0 bridgehead atoms. The Balaban J connectivity index is 1.73. The van der Waals surface area contributed by atoms with Gasteiger partial charge < -0.3 is 9.47 Å². The summed E-state index contributed by atoms with van der Waals surface area (Å²) in [4.78, 5) is 12.5. The quantitative estimate of drug-likeness (QED) is 0.717. The molecule has 3 rings (SSSR count). The van der Waals surface area contributed by atoms with Crippen LogP contribution in [0, 0.1) is 6.92 Å². The van der Waals surface area contributed by atoms with Gasteiger partial charge in [0.25, 0.3) is 0 Å². The first-order valence-corrected chi connectivity index (χ1v) is 10.7. The lowest BCUT2D eigenvalue weighted by molar-refractivity contribution is -0.0440.